The van der Waals surface area contributed by atoms with E-state index in [4.69, 9.17) is 4.74 Å². The molecule has 3 aromatic rings. The van der Waals surface area contributed by atoms with Crippen molar-refractivity contribution < 1.29 is 9.53 Å². The van der Waals surface area contributed by atoms with E-state index in [1.807, 2.05) is 12.1 Å². The molecule has 26 heavy (non-hydrogen) atoms. The fourth-order valence-electron chi connectivity index (χ4n) is 2.42. The number of anilines is 3. The summed E-state index contributed by atoms with van der Waals surface area (Å²) in [4.78, 5) is 12.2. The molecule has 132 valence electrons. The lowest BCUT2D eigenvalue weighted by Crippen LogP contribution is -2.13. The number of amides is 1. The smallest absolute Gasteiger partial charge is 0.256 e. The van der Waals surface area contributed by atoms with E-state index in [9.17, 15) is 4.79 Å². The standard InChI is InChI=1S/C20H20N4O2/c1-13-5-4-6-17(14(13)2)21-18-11-12-19(24-23-18)22-20(25)15-7-9-16(26-3)10-8-15/h4-12H,1-3H3,(H,21,23)(H,22,24,25). The highest BCUT2D eigenvalue weighted by atomic mass is 16.5. The third-order valence-corrected chi connectivity index (χ3v) is 4.13. The SMILES string of the molecule is COc1ccc(C(=O)Nc2ccc(Nc3cccc(C)c3C)nn2)cc1. The van der Waals surface area contributed by atoms with Gasteiger partial charge in [-0.2, -0.15) is 0 Å². The third kappa shape index (κ3) is 3.97. The van der Waals surface area contributed by atoms with Crippen molar-refractivity contribution in [2.24, 2.45) is 0 Å². The second-order valence-corrected chi connectivity index (χ2v) is 5.86. The molecule has 0 aliphatic heterocycles. The van der Waals surface area contributed by atoms with E-state index in [1.54, 1.807) is 43.5 Å². The minimum absolute atomic E-state index is 0.253. The first-order valence-electron chi connectivity index (χ1n) is 8.19. The molecule has 0 unspecified atom stereocenters. The molecule has 3 rings (SSSR count). The quantitative estimate of drug-likeness (QED) is 0.726. The van der Waals surface area contributed by atoms with Crippen LogP contribution in [-0.4, -0.2) is 23.2 Å². The minimum atomic E-state index is -0.253. The molecule has 6 heteroatoms. The molecule has 2 aromatic carbocycles. The van der Waals surface area contributed by atoms with Crippen LogP contribution < -0.4 is 15.4 Å². The highest BCUT2D eigenvalue weighted by Crippen LogP contribution is 2.21. The fourth-order valence-corrected chi connectivity index (χ4v) is 2.42. The van der Waals surface area contributed by atoms with Crippen LogP contribution in [-0.2, 0) is 0 Å². The summed E-state index contributed by atoms with van der Waals surface area (Å²) < 4.78 is 5.08. The first-order chi connectivity index (χ1) is 12.6. The van der Waals surface area contributed by atoms with Gasteiger partial charge in [-0.05, 0) is 67.4 Å². The van der Waals surface area contributed by atoms with Gasteiger partial charge in [0.05, 0.1) is 7.11 Å². The first kappa shape index (κ1) is 17.4. The second-order valence-electron chi connectivity index (χ2n) is 5.86. The number of aryl methyl sites for hydroxylation is 1. The maximum atomic E-state index is 12.2. The molecular weight excluding hydrogens is 328 g/mol. The van der Waals surface area contributed by atoms with Crippen LogP contribution in [0.3, 0.4) is 0 Å². The van der Waals surface area contributed by atoms with Gasteiger partial charge in [-0.25, -0.2) is 0 Å². The number of carbonyl (C=O) groups is 1. The Morgan fingerprint density at radius 3 is 2.27 bits per heavy atom. The average Bonchev–Trinajstić information content (AvgIpc) is 2.67. The molecule has 0 spiro atoms. The van der Waals surface area contributed by atoms with Gasteiger partial charge in [0, 0.05) is 11.3 Å². The molecule has 0 aliphatic carbocycles. The largest absolute Gasteiger partial charge is 0.497 e. The highest BCUT2D eigenvalue weighted by molar-refractivity contribution is 6.03. The predicted octanol–water partition coefficient (Wildman–Crippen LogP) is 4.10. The predicted molar refractivity (Wildman–Crippen MR) is 102 cm³/mol. The van der Waals surface area contributed by atoms with E-state index in [2.05, 4.69) is 40.7 Å². The van der Waals surface area contributed by atoms with Gasteiger partial charge in [-0.1, -0.05) is 12.1 Å². The van der Waals surface area contributed by atoms with Crippen LogP contribution in [0.25, 0.3) is 0 Å². The molecule has 6 nitrogen and oxygen atoms in total. The molecule has 0 saturated heterocycles. The van der Waals surface area contributed by atoms with E-state index in [0.29, 0.717) is 22.9 Å². The highest BCUT2D eigenvalue weighted by Gasteiger charge is 2.08. The van der Waals surface area contributed by atoms with Crippen LogP contribution in [0.5, 0.6) is 5.75 Å². The molecule has 1 heterocycles. The van der Waals surface area contributed by atoms with Crippen LogP contribution in [0.15, 0.2) is 54.6 Å². The molecule has 0 saturated carbocycles. The van der Waals surface area contributed by atoms with Crippen molar-refractivity contribution in [3.05, 3.63) is 71.3 Å². The zero-order valence-electron chi connectivity index (χ0n) is 14.9. The third-order valence-electron chi connectivity index (χ3n) is 4.13. The van der Waals surface area contributed by atoms with Crippen LogP contribution in [0.4, 0.5) is 17.3 Å². The Labute approximate surface area is 152 Å². The van der Waals surface area contributed by atoms with Gasteiger partial charge in [-0.3, -0.25) is 4.79 Å². The summed E-state index contributed by atoms with van der Waals surface area (Å²) in [5.41, 5.74) is 3.86. The lowest BCUT2D eigenvalue weighted by atomic mass is 10.1. The average molecular weight is 348 g/mol. The summed E-state index contributed by atoms with van der Waals surface area (Å²) in [6.07, 6.45) is 0. The van der Waals surface area contributed by atoms with E-state index in [1.165, 1.54) is 5.56 Å². The van der Waals surface area contributed by atoms with Crippen LogP contribution in [0.2, 0.25) is 0 Å². The second kappa shape index (κ2) is 7.65. The molecular formula is C20H20N4O2. The number of hydrogen-bond donors (Lipinski definition) is 2. The molecule has 0 atom stereocenters. The lowest BCUT2D eigenvalue weighted by Gasteiger charge is -2.10. The number of methoxy groups -OCH3 is 1. The van der Waals surface area contributed by atoms with Gasteiger partial charge < -0.3 is 15.4 Å². The molecule has 0 aliphatic rings. The van der Waals surface area contributed by atoms with Gasteiger partial charge >= 0.3 is 0 Å². The van der Waals surface area contributed by atoms with Crippen LogP contribution in [0.1, 0.15) is 21.5 Å². The Morgan fingerprint density at radius 2 is 1.62 bits per heavy atom. The van der Waals surface area contributed by atoms with E-state index < -0.39 is 0 Å². The summed E-state index contributed by atoms with van der Waals surface area (Å²) in [7, 11) is 1.58. The summed E-state index contributed by atoms with van der Waals surface area (Å²) >= 11 is 0. The number of benzene rings is 2. The minimum Gasteiger partial charge on any atom is -0.497 e. The zero-order valence-corrected chi connectivity index (χ0v) is 14.9. The first-order valence-corrected chi connectivity index (χ1v) is 8.19. The van der Waals surface area contributed by atoms with Gasteiger partial charge in [-0.15, -0.1) is 10.2 Å². The Morgan fingerprint density at radius 1 is 0.923 bits per heavy atom. The summed E-state index contributed by atoms with van der Waals surface area (Å²) in [5, 5.41) is 14.1. The van der Waals surface area contributed by atoms with Crippen molar-refractivity contribution in [1.82, 2.24) is 10.2 Å². The fraction of sp³-hybridized carbons (Fsp3) is 0.150. The molecule has 2 N–H and O–H groups in total. The molecule has 1 aromatic heterocycles. The van der Waals surface area contributed by atoms with Gasteiger partial charge in [0.15, 0.2) is 11.6 Å². The van der Waals surface area contributed by atoms with Gasteiger partial charge in [0.1, 0.15) is 5.75 Å². The topological polar surface area (TPSA) is 76.1 Å². The maximum Gasteiger partial charge on any atom is 0.256 e. The number of aromatic nitrogens is 2. The Hall–Kier alpha value is -3.41. The summed E-state index contributed by atoms with van der Waals surface area (Å²) in [5.74, 6) is 1.44. The van der Waals surface area contributed by atoms with Crippen molar-refractivity contribution >= 4 is 23.2 Å². The van der Waals surface area contributed by atoms with E-state index in [0.717, 1.165) is 11.3 Å². The Bertz CT molecular complexity index is 906. The maximum absolute atomic E-state index is 12.2. The zero-order chi connectivity index (χ0) is 18.5. The van der Waals surface area contributed by atoms with Crippen LogP contribution in [0, 0.1) is 13.8 Å². The van der Waals surface area contributed by atoms with Crippen molar-refractivity contribution in [3.8, 4) is 5.75 Å². The van der Waals surface area contributed by atoms with Crippen molar-refractivity contribution in [1.29, 1.82) is 0 Å². The molecule has 1 amide bonds. The number of hydrogen-bond acceptors (Lipinski definition) is 5. The Balaban J connectivity index is 1.67. The van der Waals surface area contributed by atoms with Gasteiger partial charge in [0.2, 0.25) is 0 Å². The molecule has 0 bridgehead atoms. The Kier molecular flexibility index (Phi) is 5.12. The summed E-state index contributed by atoms with van der Waals surface area (Å²) in [6, 6.07) is 16.4. The van der Waals surface area contributed by atoms with Crippen molar-refractivity contribution in [2.75, 3.05) is 17.7 Å². The number of ether oxygens (including phenoxy) is 1. The lowest BCUT2D eigenvalue weighted by molar-refractivity contribution is 0.102. The van der Waals surface area contributed by atoms with Crippen molar-refractivity contribution in [3.63, 3.8) is 0 Å². The van der Waals surface area contributed by atoms with Crippen molar-refractivity contribution in [2.45, 2.75) is 13.8 Å². The number of carbonyl (C=O) groups excluding carboxylic acids is 1. The monoisotopic (exact) mass is 348 g/mol. The number of nitrogens with one attached hydrogen (secondary N) is 2. The van der Waals surface area contributed by atoms with Gasteiger partial charge in [0.25, 0.3) is 5.91 Å². The number of rotatable bonds is 5. The molecule has 0 fully saturated rings. The van der Waals surface area contributed by atoms with Crippen LogP contribution >= 0.6 is 0 Å². The van der Waals surface area contributed by atoms with E-state index >= 15 is 0 Å². The number of nitrogens with zero attached hydrogens (tertiary/aromatic N) is 2. The summed E-state index contributed by atoms with van der Waals surface area (Å²) in [6.45, 7) is 4.11. The molecule has 0 radical (unpaired) electrons. The normalized spacial score (nSPS) is 10.3. The van der Waals surface area contributed by atoms with E-state index in [-0.39, 0.29) is 5.91 Å².